The molecule has 0 aliphatic rings. The maximum absolute atomic E-state index is 9.03. The second-order valence-corrected chi connectivity index (χ2v) is 3.94. The molecule has 0 saturated heterocycles. The van der Waals surface area contributed by atoms with Crippen LogP contribution in [0.25, 0.3) is 10.8 Å². The molecule has 0 fully saturated rings. The molecular weight excluding hydrogens is 200 g/mol. The molecule has 0 bridgehead atoms. The van der Waals surface area contributed by atoms with E-state index in [4.69, 9.17) is 16.6 Å². The third-order valence-electron chi connectivity index (χ3n) is 2.85. The fraction of sp³-hybridized carbons (Fsp3) is 0.231. The molecule has 2 aromatic rings. The number of aliphatic hydroxyl groups is 1. The minimum Gasteiger partial charge on any atom is -0.395 e. The molecule has 5 N–H and O–H groups in total. The Morgan fingerprint density at radius 3 is 2.44 bits per heavy atom. The molecule has 2 atom stereocenters. The molecule has 0 amide bonds. The molecular formula is C13H16N2O. The van der Waals surface area contributed by atoms with E-state index in [1.807, 2.05) is 42.5 Å². The molecule has 84 valence electrons. The quantitative estimate of drug-likeness (QED) is 0.721. The molecule has 0 spiro atoms. The first-order valence-corrected chi connectivity index (χ1v) is 5.33. The predicted octanol–water partition coefficient (Wildman–Crippen LogP) is 1.16. The van der Waals surface area contributed by atoms with Crippen molar-refractivity contribution in [1.29, 1.82) is 0 Å². The van der Waals surface area contributed by atoms with Gasteiger partial charge in [0.2, 0.25) is 0 Å². The van der Waals surface area contributed by atoms with Crippen LogP contribution in [0.15, 0.2) is 42.5 Å². The van der Waals surface area contributed by atoms with Crippen molar-refractivity contribution in [2.75, 3.05) is 6.61 Å². The van der Waals surface area contributed by atoms with Gasteiger partial charge in [-0.15, -0.1) is 0 Å². The molecule has 0 aromatic heterocycles. The van der Waals surface area contributed by atoms with E-state index < -0.39 is 6.04 Å². The molecule has 0 radical (unpaired) electrons. The van der Waals surface area contributed by atoms with Crippen molar-refractivity contribution in [3.8, 4) is 0 Å². The van der Waals surface area contributed by atoms with Gasteiger partial charge in [0.05, 0.1) is 6.61 Å². The zero-order valence-electron chi connectivity index (χ0n) is 9.01. The van der Waals surface area contributed by atoms with Gasteiger partial charge in [0, 0.05) is 12.1 Å². The molecule has 16 heavy (non-hydrogen) atoms. The van der Waals surface area contributed by atoms with Gasteiger partial charge in [-0.1, -0.05) is 42.5 Å². The third-order valence-corrected chi connectivity index (χ3v) is 2.85. The highest BCUT2D eigenvalue weighted by molar-refractivity contribution is 5.86. The lowest BCUT2D eigenvalue weighted by atomic mass is 9.95. The number of hydrogen-bond acceptors (Lipinski definition) is 3. The normalized spacial score (nSPS) is 14.9. The molecule has 0 heterocycles. The molecule has 0 aliphatic carbocycles. The largest absolute Gasteiger partial charge is 0.395 e. The zero-order chi connectivity index (χ0) is 11.5. The Kier molecular flexibility index (Phi) is 3.19. The van der Waals surface area contributed by atoms with E-state index in [1.54, 1.807) is 0 Å². The van der Waals surface area contributed by atoms with Gasteiger partial charge in [0.25, 0.3) is 0 Å². The highest BCUT2D eigenvalue weighted by atomic mass is 16.3. The lowest BCUT2D eigenvalue weighted by Crippen LogP contribution is -2.37. The van der Waals surface area contributed by atoms with E-state index in [0.29, 0.717) is 0 Å². The summed E-state index contributed by atoms with van der Waals surface area (Å²) in [5.41, 5.74) is 12.8. The van der Waals surface area contributed by atoms with Crippen molar-refractivity contribution >= 4 is 10.8 Å². The van der Waals surface area contributed by atoms with Crippen molar-refractivity contribution in [3.05, 3.63) is 48.0 Å². The van der Waals surface area contributed by atoms with Gasteiger partial charge in [0.1, 0.15) is 0 Å². The van der Waals surface area contributed by atoms with Crippen LogP contribution in [-0.2, 0) is 0 Å². The van der Waals surface area contributed by atoms with Gasteiger partial charge in [-0.05, 0) is 16.3 Å². The van der Waals surface area contributed by atoms with Gasteiger partial charge in [0.15, 0.2) is 0 Å². The van der Waals surface area contributed by atoms with E-state index >= 15 is 0 Å². The summed E-state index contributed by atoms with van der Waals surface area (Å²) in [6, 6.07) is 13.2. The molecule has 2 rings (SSSR count). The zero-order valence-corrected chi connectivity index (χ0v) is 9.01. The van der Waals surface area contributed by atoms with Crippen LogP contribution in [0, 0.1) is 0 Å². The Balaban J connectivity index is 2.52. The standard InChI is InChI=1S/C13H16N2O/c14-12(8-16)13(15)11-7-3-5-9-4-1-2-6-10(9)11/h1-7,12-13,16H,8,14-15H2. The van der Waals surface area contributed by atoms with Gasteiger partial charge in [-0.2, -0.15) is 0 Å². The SMILES string of the molecule is NC(CO)C(N)c1cccc2ccccc12. The molecule has 3 nitrogen and oxygen atoms in total. The number of rotatable bonds is 3. The molecule has 2 unspecified atom stereocenters. The smallest absolute Gasteiger partial charge is 0.0601 e. The van der Waals surface area contributed by atoms with Crippen LogP contribution in [0.2, 0.25) is 0 Å². The van der Waals surface area contributed by atoms with Crippen molar-refractivity contribution in [2.24, 2.45) is 11.5 Å². The topological polar surface area (TPSA) is 72.3 Å². The maximum Gasteiger partial charge on any atom is 0.0601 e. The van der Waals surface area contributed by atoms with Crippen molar-refractivity contribution in [1.82, 2.24) is 0 Å². The van der Waals surface area contributed by atoms with Crippen LogP contribution in [0.5, 0.6) is 0 Å². The van der Waals surface area contributed by atoms with E-state index in [1.165, 1.54) is 0 Å². The van der Waals surface area contributed by atoms with Crippen LogP contribution >= 0.6 is 0 Å². The highest BCUT2D eigenvalue weighted by Gasteiger charge is 2.16. The van der Waals surface area contributed by atoms with Crippen molar-refractivity contribution < 1.29 is 5.11 Å². The number of nitrogens with two attached hydrogens (primary N) is 2. The fourth-order valence-electron chi connectivity index (χ4n) is 1.89. The Morgan fingerprint density at radius 2 is 1.69 bits per heavy atom. The monoisotopic (exact) mass is 216 g/mol. The number of fused-ring (bicyclic) bond motifs is 1. The third kappa shape index (κ3) is 1.93. The van der Waals surface area contributed by atoms with Gasteiger partial charge in [-0.25, -0.2) is 0 Å². The number of hydrogen-bond donors (Lipinski definition) is 3. The number of aliphatic hydroxyl groups excluding tert-OH is 1. The van der Waals surface area contributed by atoms with Gasteiger partial charge < -0.3 is 16.6 Å². The first-order valence-electron chi connectivity index (χ1n) is 5.33. The second-order valence-electron chi connectivity index (χ2n) is 3.94. The summed E-state index contributed by atoms with van der Waals surface area (Å²) in [6.45, 7) is -0.107. The Bertz CT molecular complexity index is 479. The Morgan fingerprint density at radius 1 is 1.00 bits per heavy atom. The summed E-state index contributed by atoms with van der Waals surface area (Å²) < 4.78 is 0. The summed E-state index contributed by atoms with van der Waals surface area (Å²) in [5.74, 6) is 0. The van der Waals surface area contributed by atoms with Crippen molar-refractivity contribution in [2.45, 2.75) is 12.1 Å². The first kappa shape index (κ1) is 11.1. The summed E-state index contributed by atoms with van der Waals surface area (Å²) in [5, 5.41) is 11.3. The van der Waals surface area contributed by atoms with Crippen LogP contribution in [0.3, 0.4) is 0 Å². The molecule has 0 aliphatic heterocycles. The maximum atomic E-state index is 9.03. The van der Waals surface area contributed by atoms with Crippen LogP contribution in [-0.4, -0.2) is 17.8 Å². The summed E-state index contributed by atoms with van der Waals surface area (Å²) >= 11 is 0. The van der Waals surface area contributed by atoms with Crippen LogP contribution in [0.1, 0.15) is 11.6 Å². The summed E-state index contributed by atoms with van der Waals surface area (Å²) in [6.07, 6.45) is 0. The molecule has 2 aromatic carbocycles. The van der Waals surface area contributed by atoms with Crippen molar-refractivity contribution in [3.63, 3.8) is 0 Å². The Hall–Kier alpha value is -1.42. The van der Waals surface area contributed by atoms with E-state index in [0.717, 1.165) is 16.3 Å². The Labute approximate surface area is 94.7 Å². The van der Waals surface area contributed by atoms with E-state index in [9.17, 15) is 0 Å². The fourth-order valence-corrected chi connectivity index (χ4v) is 1.89. The molecule has 3 heteroatoms. The summed E-state index contributed by atoms with van der Waals surface area (Å²) in [7, 11) is 0. The van der Waals surface area contributed by atoms with Crippen LogP contribution in [0.4, 0.5) is 0 Å². The summed E-state index contributed by atoms with van der Waals surface area (Å²) in [4.78, 5) is 0. The molecule has 0 saturated carbocycles. The minimum absolute atomic E-state index is 0.107. The average molecular weight is 216 g/mol. The first-order chi connectivity index (χ1) is 7.74. The average Bonchev–Trinajstić information content (AvgIpc) is 2.36. The van der Waals surface area contributed by atoms with E-state index in [2.05, 4.69) is 0 Å². The lowest BCUT2D eigenvalue weighted by Gasteiger charge is -2.19. The minimum atomic E-state index is -0.425. The highest BCUT2D eigenvalue weighted by Crippen LogP contribution is 2.24. The number of benzene rings is 2. The van der Waals surface area contributed by atoms with Gasteiger partial charge >= 0.3 is 0 Å². The predicted molar refractivity (Wildman–Crippen MR) is 65.9 cm³/mol. The lowest BCUT2D eigenvalue weighted by molar-refractivity contribution is 0.250. The van der Waals surface area contributed by atoms with Gasteiger partial charge in [-0.3, -0.25) is 0 Å². The second kappa shape index (κ2) is 4.61. The van der Waals surface area contributed by atoms with E-state index in [-0.39, 0.29) is 12.6 Å². The van der Waals surface area contributed by atoms with Crippen LogP contribution < -0.4 is 11.5 Å².